The molecule has 2 aliphatic carbocycles. The summed E-state index contributed by atoms with van der Waals surface area (Å²) in [6, 6.07) is 15.3. The third-order valence-electron chi connectivity index (χ3n) is 3.25. The molecule has 0 bridgehead atoms. The molecule has 0 unspecified atom stereocenters. The van der Waals surface area contributed by atoms with Crippen molar-refractivity contribution in [2.24, 2.45) is 0 Å². The molecule has 3 rings (SSSR count). The lowest BCUT2D eigenvalue weighted by Gasteiger charge is -2.26. The standard InChI is InChI=1S/C16H16S/c1-17(2)10-6-9-16(17)15-11-13-7-4-3-5-8-14(13)12-15/h3-12H,1-2H3. The Morgan fingerprint density at radius 1 is 0.824 bits per heavy atom. The van der Waals surface area contributed by atoms with Gasteiger partial charge in [-0.05, 0) is 52.8 Å². The summed E-state index contributed by atoms with van der Waals surface area (Å²) in [7, 11) is -0.724. The van der Waals surface area contributed by atoms with Gasteiger partial charge in [-0.3, -0.25) is 0 Å². The predicted molar refractivity (Wildman–Crippen MR) is 79.6 cm³/mol. The zero-order valence-electron chi connectivity index (χ0n) is 10.2. The highest BCUT2D eigenvalue weighted by atomic mass is 32.3. The van der Waals surface area contributed by atoms with Crippen LogP contribution in [0.1, 0.15) is 5.56 Å². The molecule has 1 heterocycles. The van der Waals surface area contributed by atoms with Crippen LogP contribution in [0.4, 0.5) is 0 Å². The average molecular weight is 240 g/mol. The molecule has 0 atom stereocenters. The van der Waals surface area contributed by atoms with Gasteiger partial charge >= 0.3 is 0 Å². The third kappa shape index (κ3) is 1.81. The zero-order chi connectivity index (χ0) is 11.9. The summed E-state index contributed by atoms with van der Waals surface area (Å²) in [5.74, 6) is 0. The van der Waals surface area contributed by atoms with Crippen molar-refractivity contribution in [1.29, 1.82) is 0 Å². The van der Waals surface area contributed by atoms with Crippen molar-refractivity contribution in [2.75, 3.05) is 12.5 Å². The van der Waals surface area contributed by atoms with Crippen molar-refractivity contribution < 1.29 is 0 Å². The van der Waals surface area contributed by atoms with Gasteiger partial charge in [0.15, 0.2) is 0 Å². The summed E-state index contributed by atoms with van der Waals surface area (Å²) in [5, 5.41) is 2.35. The lowest BCUT2D eigenvalue weighted by atomic mass is 10.2. The van der Waals surface area contributed by atoms with Crippen LogP contribution in [0.25, 0.3) is 16.0 Å². The number of allylic oxidation sites excluding steroid dienone is 2. The van der Waals surface area contributed by atoms with Gasteiger partial charge in [0.25, 0.3) is 0 Å². The van der Waals surface area contributed by atoms with Gasteiger partial charge in [-0.25, -0.2) is 0 Å². The van der Waals surface area contributed by atoms with Gasteiger partial charge in [0, 0.05) is 4.91 Å². The minimum Gasteiger partial charge on any atom is -0.200 e. The Balaban J connectivity index is 2.13. The van der Waals surface area contributed by atoms with Crippen LogP contribution in [0.15, 0.2) is 60.0 Å². The van der Waals surface area contributed by atoms with E-state index < -0.39 is 10.0 Å². The van der Waals surface area contributed by atoms with Crippen molar-refractivity contribution >= 4 is 14.9 Å². The lowest BCUT2D eigenvalue weighted by Crippen LogP contribution is -1.89. The van der Waals surface area contributed by atoms with Gasteiger partial charge in [0.2, 0.25) is 0 Å². The van der Waals surface area contributed by atoms with E-state index in [2.05, 4.69) is 72.5 Å². The molecule has 0 saturated heterocycles. The van der Waals surface area contributed by atoms with Crippen LogP contribution in [0.2, 0.25) is 0 Å². The van der Waals surface area contributed by atoms with E-state index >= 15 is 0 Å². The molecule has 0 aromatic carbocycles. The molecule has 0 amide bonds. The van der Waals surface area contributed by atoms with Crippen LogP contribution in [0.5, 0.6) is 0 Å². The summed E-state index contributed by atoms with van der Waals surface area (Å²) in [6.07, 6.45) is 9.16. The fraction of sp³-hybridized carbons (Fsp3) is 0.125. The highest BCUT2D eigenvalue weighted by Gasteiger charge is 2.21. The number of hydrogen-bond acceptors (Lipinski definition) is 0. The fourth-order valence-corrected chi connectivity index (χ4v) is 4.10. The highest BCUT2D eigenvalue weighted by Crippen LogP contribution is 2.58. The third-order valence-corrected chi connectivity index (χ3v) is 5.59. The Morgan fingerprint density at radius 2 is 1.47 bits per heavy atom. The first kappa shape index (κ1) is 10.7. The molecule has 17 heavy (non-hydrogen) atoms. The maximum absolute atomic E-state index is 2.35. The van der Waals surface area contributed by atoms with Gasteiger partial charge in [-0.2, -0.15) is 10.0 Å². The second-order valence-corrected chi connectivity index (χ2v) is 8.35. The van der Waals surface area contributed by atoms with E-state index in [4.69, 9.17) is 0 Å². The second kappa shape index (κ2) is 3.78. The van der Waals surface area contributed by atoms with Crippen LogP contribution in [-0.4, -0.2) is 12.5 Å². The lowest BCUT2D eigenvalue weighted by molar-refractivity contribution is 1.81. The molecule has 1 aliphatic heterocycles. The van der Waals surface area contributed by atoms with Crippen LogP contribution >= 0.6 is 10.0 Å². The largest absolute Gasteiger partial charge is 0.200 e. The summed E-state index contributed by atoms with van der Waals surface area (Å²) < 4.78 is 0. The summed E-state index contributed by atoms with van der Waals surface area (Å²) in [4.78, 5) is 1.50. The first-order valence-corrected chi connectivity index (χ1v) is 8.29. The van der Waals surface area contributed by atoms with Crippen LogP contribution in [0, 0.1) is 0 Å². The van der Waals surface area contributed by atoms with Crippen LogP contribution < -0.4 is 0 Å². The van der Waals surface area contributed by atoms with Crippen LogP contribution in [-0.2, 0) is 0 Å². The molecule has 0 fully saturated rings. The highest BCUT2D eigenvalue weighted by molar-refractivity contribution is 8.42. The zero-order valence-corrected chi connectivity index (χ0v) is 11.0. The summed E-state index contributed by atoms with van der Waals surface area (Å²) >= 11 is 0. The van der Waals surface area contributed by atoms with E-state index in [0.717, 1.165) is 0 Å². The van der Waals surface area contributed by atoms with Crippen molar-refractivity contribution in [3.63, 3.8) is 0 Å². The van der Waals surface area contributed by atoms with Gasteiger partial charge in [-0.1, -0.05) is 36.4 Å². The predicted octanol–water partition coefficient (Wildman–Crippen LogP) is 4.72. The Bertz CT molecular complexity index is 560. The SMILES string of the molecule is CS1(C)C=CC=C1c1cc2cccccc-2c1. The first-order chi connectivity index (χ1) is 8.17. The molecule has 0 N–H and O–H groups in total. The van der Waals surface area contributed by atoms with Crippen molar-refractivity contribution in [1.82, 2.24) is 0 Å². The van der Waals surface area contributed by atoms with Crippen molar-refractivity contribution in [2.45, 2.75) is 0 Å². The Morgan fingerprint density at radius 3 is 2.00 bits per heavy atom. The van der Waals surface area contributed by atoms with Gasteiger partial charge < -0.3 is 0 Å². The molecular formula is C16H16S. The topological polar surface area (TPSA) is 0 Å². The molecule has 0 spiro atoms. The minimum absolute atomic E-state index is 0.724. The van der Waals surface area contributed by atoms with Crippen molar-refractivity contribution in [3.8, 4) is 11.1 Å². The summed E-state index contributed by atoms with van der Waals surface area (Å²) in [6.45, 7) is 0. The Labute approximate surface area is 104 Å². The Hall–Kier alpha value is -1.47. The van der Waals surface area contributed by atoms with E-state index in [1.54, 1.807) is 0 Å². The normalized spacial score (nSPS) is 19.3. The molecule has 3 aliphatic rings. The minimum atomic E-state index is -0.724. The summed E-state index contributed by atoms with van der Waals surface area (Å²) in [5.41, 5.74) is 4.04. The van der Waals surface area contributed by atoms with E-state index in [1.807, 2.05) is 0 Å². The number of fused-ring (bicyclic) bond motifs is 1. The maximum Gasteiger partial charge on any atom is 0.000433 e. The maximum atomic E-state index is 2.35. The molecule has 0 aromatic rings. The van der Waals surface area contributed by atoms with Crippen LogP contribution in [0.3, 0.4) is 0 Å². The molecular weight excluding hydrogens is 224 g/mol. The number of hydrogen-bond donors (Lipinski definition) is 0. The Kier molecular flexibility index (Phi) is 2.37. The van der Waals surface area contributed by atoms with Gasteiger partial charge in [0.1, 0.15) is 0 Å². The fourth-order valence-electron chi connectivity index (χ4n) is 2.33. The second-order valence-electron chi connectivity index (χ2n) is 4.83. The quantitative estimate of drug-likeness (QED) is 0.676. The van der Waals surface area contributed by atoms with E-state index in [0.29, 0.717) is 0 Å². The molecule has 1 heteroatoms. The molecule has 0 radical (unpaired) electrons. The van der Waals surface area contributed by atoms with E-state index in [9.17, 15) is 0 Å². The first-order valence-electron chi connectivity index (χ1n) is 5.78. The van der Waals surface area contributed by atoms with Crippen molar-refractivity contribution in [3.05, 3.63) is 65.6 Å². The van der Waals surface area contributed by atoms with Gasteiger partial charge in [0.05, 0.1) is 0 Å². The van der Waals surface area contributed by atoms with Gasteiger partial charge in [-0.15, -0.1) is 0 Å². The molecule has 86 valence electrons. The van der Waals surface area contributed by atoms with E-state index in [1.165, 1.54) is 21.6 Å². The van der Waals surface area contributed by atoms with E-state index in [-0.39, 0.29) is 0 Å². The molecule has 0 saturated carbocycles. The average Bonchev–Trinajstić information content (AvgIpc) is 2.75. The number of rotatable bonds is 1. The molecule has 0 aromatic heterocycles. The molecule has 0 nitrogen and oxygen atoms in total. The smallest absolute Gasteiger partial charge is 0.000433 e. The monoisotopic (exact) mass is 240 g/mol.